The highest BCUT2D eigenvalue weighted by Gasteiger charge is 2.37. The largest absolute Gasteiger partial charge is 0.383 e. The van der Waals surface area contributed by atoms with Crippen molar-refractivity contribution < 1.29 is 4.79 Å². The van der Waals surface area contributed by atoms with Crippen LogP contribution in [0.15, 0.2) is 46.8 Å². The maximum Gasteiger partial charge on any atom is 0.191 e. The molecule has 1 unspecified atom stereocenters. The number of anilines is 2. The highest BCUT2D eigenvalue weighted by atomic mass is 32.2. The van der Waals surface area contributed by atoms with Crippen molar-refractivity contribution in [2.24, 2.45) is 0 Å². The third-order valence-corrected chi connectivity index (χ3v) is 5.12. The Kier molecular flexibility index (Phi) is 3.76. The minimum Gasteiger partial charge on any atom is -0.383 e. The van der Waals surface area contributed by atoms with E-state index in [0.29, 0.717) is 17.4 Å². The Morgan fingerprint density at radius 3 is 2.75 bits per heavy atom. The van der Waals surface area contributed by atoms with Crippen molar-refractivity contribution >= 4 is 29.2 Å². The number of aromatic nitrogens is 2. The molecule has 5 nitrogen and oxygen atoms in total. The minimum absolute atomic E-state index is 0.191. The molecule has 6 heteroatoms. The second-order valence-electron chi connectivity index (χ2n) is 6.00. The van der Waals surface area contributed by atoms with Crippen LogP contribution in [0.5, 0.6) is 0 Å². The van der Waals surface area contributed by atoms with Crippen molar-refractivity contribution in [1.82, 2.24) is 9.97 Å². The van der Waals surface area contributed by atoms with Crippen LogP contribution in [0.25, 0.3) is 0 Å². The number of carbonyl (C=O) groups excluding carboxylic acids is 1. The van der Waals surface area contributed by atoms with Crippen LogP contribution in [0.3, 0.4) is 0 Å². The topological polar surface area (TPSA) is 80.9 Å². The van der Waals surface area contributed by atoms with Crippen molar-refractivity contribution in [3.8, 4) is 0 Å². The summed E-state index contributed by atoms with van der Waals surface area (Å²) in [6, 6.07) is 10.0. The highest BCUT2D eigenvalue weighted by molar-refractivity contribution is 7.98. The van der Waals surface area contributed by atoms with E-state index in [9.17, 15) is 4.79 Å². The van der Waals surface area contributed by atoms with Gasteiger partial charge in [0.15, 0.2) is 10.9 Å². The third kappa shape index (κ3) is 2.38. The van der Waals surface area contributed by atoms with Crippen molar-refractivity contribution in [3.63, 3.8) is 0 Å². The lowest BCUT2D eigenvalue weighted by atomic mass is 9.76. The zero-order valence-electron chi connectivity index (χ0n) is 13.4. The number of ketones is 1. The number of hydrogen-bond donors (Lipinski definition) is 2. The molecule has 0 spiro atoms. The van der Waals surface area contributed by atoms with E-state index in [0.717, 1.165) is 41.1 Å². The van der Waals surface area contributed by atoms with Gasteiger partial charge < -0.3 is 11.1 Å². The number of nitrogens with one attached hydrogen (secondary N) is 1. The van der Waals surface area contributed by atoms with Gasteiger partial charge in [-0.05, 0) is 24.7 Å². The molecule has 1 atom stereocenters. The quantitative estimate of drug-likeness (QED) is 0.646. The van der Waals surface area contributed by atoms with Gasteiger partial charge in [-0.2, -0.15) is 0 Å². The summed E-state index contributed by atoms with van der Waals surface area (Å²) in [7, 11) is 0. The van der Waals surface area contributed by atoms with Crippen LogP contribution >= 0.6 is 11.8 Å². The summed E-state index contributed by atoms with van der Waals surface area (Å²) in [5, 5.41) is 3.99. The Bertz CT molecular complexity index is 848. The molecule has 1 aromatic carbocycles. The molecule has 122 valence electrons. The van der Waals surface area contributed by atoms with Gasteiger partial charge in [0.1, 0.15) is 11.6 Å². The number of hydrogen-bond acceptors (Lipinski definition) is 6. The number of fused-ring (bicyclic) bond motifs is 1. The van der Waals surface area contributed by atoms with Crippen LogP contribution in [0, 0.1) is 0 Å². The van der Waals surface area contributed by atoms with Gasteiger partial charge in [-0.25, -0.2) is 9.97 Å². The number of benzene rings is 1. The predicted octanol–water partition coefficient (Wildman–Crippen LogP) is 3.35. The predicted molar refractivity (Wildman–Crippen MR) is 96.0 cm³/mol. The van der Waals surface area contributed by atoms with E-state index in [1.165, 1.54) is 11.8 Å². The zero-order valence-corrected chi connectivity index (χ0v) is 14.2. The average molecular weight is 338 g/mol. The molecule has 1 aliphatic heterocycles. The second kappa shape index (κ2) is 5.94. The molecule has 2 aliphatic rings. The highest BCUT2D eigenvalue weighted by Crippen LogP contribution is 2.46. The van der Waals surface area contributed by atoms with Gasteiger partial charge in [-0.1, -0.05) is 42.1 Å². The van der Waals surface area contributed by atoms with Crippen LogP contribution in [-0.2, 0) is 4.79 Å². The summed E-state index contributed by atoms with van der Waals surface area (Å²) in [6.07, 6.45) is 4.25. The number of nitrogens with zero attached hydrogens (tertiary/aromatic N) is 2. The number of thioether (sulfide) groups is 1. The maximum atomic E-state index is 12.7. The Hall–Kier alpha value is -2.34. The van der Waals surface area contributed by atoms with E-state index in [1.807, 2.05) is 36.6 Å². The zero-order chi connectivity index (χ0) is 16.7. The Morgan fingerprint density at radius 1 is 1.21 bits per heavy atom. The number of nitrogen functional groups attached to an aromatic ring is 1. The van der Waals surface area contributed by atoms with Gasteiger partial charge in [-0.3, -0.25) is 4.79 Å². The molecular weight excluding hydrogens is 320 g/mol. The van der Waals surface area contributed by atoms with Crippen LogP contribution in [0.1, 0.15) is 36.3 Å². The summed E-state index contributed by atoms with van der Waals surface area (Å²) in [5.41, 5.74) is 9.95. The SMILES string of the molecule is CSc1nc(N)c2c(n1)NC1=C(C(=O)CCC1)C2c1ccccc1. The molecular formula is C18H18N4OS. The molecule has 0 radical (unpaired) electrons. The molecule has 24 heavy (non-hydrogen) atoms. The van der Waals surface area contributed by atoms with E-state index < -0.39 is 0 Å². The average Bonchev–Trinajstić information content (AvgIpc) is 2.60. The second-order valence-corrected chi connectivity index (χ2v) is 6.77. The fraction of sp³-hybridized carbons (Fsp3) is 0.278. The normalized spacial score (nSPS) is 19.5. The standard InChI is InChI=1S/C18H18N4OS/c1-24-18-21-16(19)15-13(10-6-3-2-4-7-10)14-11(20-17(15)22-18)8-5-9-12(14)23/h2-4,6-7,13H,5,8-9H2,1H3,(H3,19,20,21,22). The molecule has 4 rings (SSSR count). The molecule has 2 heterocycles. The first-order valence-corrected chi connectivity index (χ1v) is 9.21. The summed E-state index contributed by atoms with van der Waals surface area (Å²) in [4.78, 5) is 21.7. The molecule has 3 N–H and O–H groups in total. The van der Waals surface area contributed by atoms with Gasteiger partial charge in [0.25, 0.3) is 0 Å². The van der Waals surface area contributed by atoms with Crippen LogP contribution in [-0.4, -0.2) is 22.0 Å². The van der Waals surface area contributed by atoms with Crippen molar-refractivity contribution in [2.75, 3.05) is 17.3 Å². The summed E-state index contributed by atoms with van der Waals surface area (Å²) in [5.74, 6) is 1.17. The first kappa shape index (κ1) is 15.2. The van der Waals surface area contributed by atoms with Gasteiger partial charge >= 0.3 is 0 Å². The van der Waals surface area contributed by atoms with Gasteiger partial charge in [0.05, 0.1) is 0 Å². The Labute approximate surface area is 144 Å². The van der Waals surface area contributed by atoms with E-state index in [2.05, 4.69) is 15.3 Å². The molecule has 0 saturated carbocycles. The van der Waals surface area contributed by atoms with Crippen LogP contribution in [0.2, 0.25) is 0 Å². The van der Waals surface area contributed by atoms with Gasteiger partial charge in [0.2, 0.25) is 0 Å². The number of nitrogens with two attached hydrogens (primary N) is 1. The summed E-state index contributed by atoms with van der Waals surface area (Å²) < 4.78 is 0. The smallest absolute Gasteiger partial charge is 0.191 e. The van der Waals surface area contributed by atoms with Gasteiger partial charge in [-0.15, -0.1) is 0 Å². The Balaban J connectivity index is 1.97. The first-order valence-electron chi connectivity index (χ1n) is 7.98. The van der Waals surface area contributed by atoms with E-state index in [4.69, 9.17) is 5.73 Å². The number of Topliss-reactive ketones (excluding diaryl/α,β-unsaturated/α-hetero) is 1. The first-order chi connectivity index (χ1) is 11.7. The number of carbonyl (C=O) groups is 1. The third-order valence-electron chi connectivity index (χ3n) is 4.57. The number of allylic oxidation sites excluding steroid dienone is 2. The molecule has 0 amide bonds. The fourth-order valence-electron chi connectivity index (χ4n) is 3.53. The van der Waals surface area contributed by atoms with Crippen molar-refractivity contribution in [1.29, 1.82) is 0 Å². The molecule has 0 saturated heterocycles. The maximum absolute atomic E-state index is 12.7. The molecule has 0 bridgehead atoms. The van der Waals surface area contributed by atoms with E-state index in [1.54, 1.807) is 0 Å². The van der Waals surface area contributed by atoms with E-state index >= 15 is 0 Å². The van der Waals surface area contributed by atoms with Crippen LogP contribution in [0.4, 0.5) is 11.6 Å². The molecule has 2 aromatic rings. The summed E-state index contributed by atoms with van der Waals surface area (Å²) >= 11 is 1.46. The van der Waals surface area contributed by atoms with Crippen LogP contribution < -0.4 is 11.1 Å². The fourth-order valence-corrected chi connectivity index (χ4v) is 3.90. The van der Waals surface area contributed by atoms with E-state index in [-0.39, 0.29) is 11.7 Å². The van der Waals surface area contributed by atoms with Gasteiger partial charge in [0, 0.05) is 29.2 Å². The lowest BCUT2D eigenvalue weighted by Gasteiger charge is -2.33. The lowest BCUT2D eigenvalue weighted by Crippen LogP contribution is -2.28. The Morgan fingerprint density at radius 2 is 2.00 bits per heavy atom. The molecule has 0 fully saturated rings. The lowest BCUT2D eigenvalue weighted by molar-refractivity contribution is -0.116. The summed E-state index contributed by atoms with van der Waals surface area (Å²) in [6.45, 7) is 0. The van der Waals surface area contributed by atoms with Crippen molar-refractivity contribution in [3.05, 3.63) is 52.7 Å². The molecule has 1 aromatic heterocycles. The van der Waals surface area contributed by atoms with Crippen molar-refractivity contribution in [2.45, 2.75) is 30.3 Å². The monoisotopic (exact) mass is 338 g/mol. The minimum atomic E-state index is -0.193. The number of rotatable bonds is 2. The molecule has 1 aliphatic carbocycles.